The minimum absolute atomic E-state index is 0. The molecule has 116 valence electrons. The van der Waals surface area contributed by atoms with E-state index in [-0.39, 0.29) is 28.5 Å². The maximum atomic E-state index is 10.1. The Balaban J connectivity index is 0.00000132. The van der Waals surface area contributed by atoms with Gasteiger partial charge in [0.05, 0.1) is 0 Å². The number of piperidine rings is 1. The molecule has 1 saturated carbocycles. The molecule has 2 atom stereocenters. The lowest BCUT2D eigenvalue weighted by Crippen LogP contribution is -2.53. The van der Waals surface area contributed by atoms with Crippen LogP contribution in [0.25, 0.3) is 0 Å². The van der Waals surface area contributed by atoms with E-state index in [9.17, 15) is 10.2 Å². The molecule has 0 radical (unpaired) electrons. The Hall–Kier alpha value is -0.740. The van der Waals surface area contributed by atoms with Crippen molar-refractivity contribution in [3.63, 3.8) is 0 Å². The van der Waals surface area contributed by atoms with Crippen LogP contribution in [0.2, 0.25) is 0 Å². The quantitative estimate of drug-likeness (QED) is 0.756. The number of nitrogens with zero attached hydrogens (tertiary/aromatic N) is 1. The van der Waals surface area contributed by atoms with Crippen LogP contribution in [-0.4, -0.2) is 33.7 Å². The van der Waals surface area contributed by atoms with E-state index in [1.54, 1.807) is 6.07 Å². The van der Waals surface area contributed by atoms with Gasteiger partial charge in [-0.15, -0.1) is 17.0 Å². The molecule has 2 fully saturated rings. The average Bonchev–Trinajstić information content (AvgIpc) is 2.41. The van der Waals surface area contributed by atoms with Crippen LogP contribution in [0.3, 0.4) is 0 Å². The molecule has 4 heteroatoms. The molecule has 4 rings (SSSR count). The van der Waals surface area contributed by atoms with Crippen LogP contribution >= 0.6 is 17.0 Å². The first-order valence-electron chi connectivity index (χ1n) is 8.05. The zero-order valence-corrected chi connectivity index (χ0v) is 14.0. The first-order chi connectivity index (χ1) is 9.75. The molecule has 3 nitrogen and oxygen atoms in total. The van der Waals surface area contributed by atoms with Crippen LogP contribution < -0.4 is 0 Å². The van der Waals surface area contributed by atoms with E-state index >= 15 is 0 Å². The summed E-state index contributed by atoms with van der Waals surface area (Å²) in [5, 5.41) is 19.8. The van der Waals surface area contributed by atoms with Crippen molar-refractivity contribution in [2.24, 2.45) is 0 Å². The van der Waals surface area contributed by atoms with Crippen molar-refractivity contribution >= 4 is 17.0 Å². The number of aromatic hydroxyl groups is 2. The summed E-state index contributed by atoms with van der Waals surface area (Å²) in [4.78, 5) is 2.75. The Labute approximate surface area is 136 Å². The van der Waals surface area contributed by atoms with Gasteiger partial charge < -0.3 is 10.2 Å². The third-order valence-electron chi connectivity index (χ3n) is 5.75. The number of hydrogen-bond acceptors (Lipinski definition) is 3. The van der Waals surface area contributed by atoms with Crippen LogP contribution in [0.1, 0.15) is 55.6 Å². The van der Waals surface area contributed by atoms with E-state index in [0.717, 1.165) is 24.4 Å². The van der Waals surface area contributed by atoms with E-state index in [1.165, 1.54) is 44.2 Å². The molecule has 1 aromatic rings. The maximum absolute atomic E-state index is 10.1. The highest BCUT2D eigenvalue weighted by atomic mass is 79.9. The smallest absolute Gasteiger partial charge is 0.160 e. The standard InChI is InChI=1S/C17H23NO2.BrH/c19-16-9-7-12-13-5-2-10-18(11-3-1-4-11)15(13)8-6-14(12)17(16)20;/h7,9,11,13,15,19-20H,1-6,8,10H2;1H/t13-,15-;/m1./s1. The van der Waals surface area contributed by atoms with Crippen molar-refractivity contribution in [1.29, 1.82) is 0 Å². The minimum Gasteiger partial charge on any atom is -0.504 e. The van der Waals surface area contributed by atoms with Crippen molar-refractivity contribution in [2.45, 2.75) is 62.9 Å². The molecular formula is C17H24BrNO2. The summed E-state index contributed by atoms with van der Waals surface area (Å²) in [6.07, 6.45) is 8.66. The molecule has 2 N–H and O–H groups in total. The highest BCUT2D eigenvalue weighted by Crippen LogP contribution is 2.47. The number of phenols is 2. The highest BCUT2D eigenvalue weighted by molar-refractivity contribution is 8.93. The minimum atomic E-state index is 0. The zero-order chi connectivity index (χ0) is 13.7. The van der Waals surface area contributed by atoms with Crippen molar-refractivity contribution in [3.8, 4) is 11.5 Å². The highest BCUT2D eigenvalue weighted by Gasteiger charge is 2.41. The largest absolute Gasteiger partial charge is 0.504 e. The lowest BCUT2D eigenvalue weighted by atomic mass is 9.72. The molecule has 1 aliphatic heterocycles. The van der Waals surface area contributed by atoms with E-state index < -0.39 is 0 Å². The van der Waals surface area contributed by atoms with Crippen LogP contribution in [0, 0.1) is 0 Å². The predicted octanol–water partition coefficient (Wildman–Crippen LogP) is 3.72. The first kappa shape index (κ1) is 15.2. The summed E-state index contributed by atoms with van der Waals surface area (Å²) in [5.41, 5.74) is 2.29. The lowest BCUT2D eigenvalue weighted by Gasteiger charge is -2.50. The Morgan fingerprint density at radius 1 is 1.00 bits per heavy atom. The Morgan fingerprint density at radius 3 is 2.52 bits per heavy atom. The second-order valence-corrected chi connectivity index (χ2v) is 6.68. The van der Waals surface area contributed by atoms with Gasteiger partial charge in [-0.1, -0.05) is 12.5 Å². The topological polar surface area (TPSA) is 43.7 Å². The van der Waals surface area contributed by atoms with Crippen molar-refractivity contribution in [1.82, 2.24) is 4.90 Å². The van der Waals surface area contributed by atoms with Gasteiger partial charge in [0.1, 0.15) is 0 Å². The van der Waals surface area contributed by atoms with E-state index in [2.05, 4.69) is 4.90 Å². The van der Waals surface area contributed by atoms with Crippen LogP contribution in [-0.2, 0) is 6.42 Å². The normalized spacial score (nSPS) is 29.0. The number of benzene rings is 1. The predicted molar refractivity (Wildman–Crippen MR) is 88.5 cm³/mol. The van der Waals surface area contributed by atoms with E-state index in [0.29, 0.717) is 12.0 Å². The maximum Gasteiger partial charge on any atom is 0.160 e. The number of halogens is 1. The van der Waals surface area contributed by atoms with Gasteiger partial charge in [0, 0.05) is 17.6 Å². The third-order valence-corrected chi connectivity index (χ3v) is 5.75. The average molecular weight is 354 g/mol. The summed E-state index contributed by atoms with van der Waals surface area (Å²) in [5.74, 6) is 0.718. The molecule has 0 unspecified atom stereocenters. The molecule has 2 aliphatic carbocycles. The molecule has 21 heavy (non-hydrogen) atoms. The first-order valence-corrected chi connectivity index (χ1v) is 8.05. The molecule has 1 saturated heterocycles. The fourth-order valence-electron chi connectivity index (χ4n) is 4.53. The fraction of sp³-hybridized carbons (Fsp3) is 0.647. The van der Waals surface area contributed by atoms with Gasteiger partial charge in [-0.3, -0.25) is 4.90 Å². The molecule has 0 amide bonds. The molecule has 3 aliphatic rings. The SMILES string of the molecule is Br.Oc1ccc2c(c1O)CC[C@@H]1[C@@H]2CCCN1C1CCC1. The molecule has 1 aromatic carbocycles. The van der Waals surface area contributed by atoms with Crippen molar-refractivity contribution in [3.05, 3.63) is 23.3 Å². The van der Waals surface area contributed by atoms with Crippen molar-refractivity contribution in [2.75, 3.05) is 6.54 Å². The summed E-state index contributed by atoms with van der Waals surface area (Å²) >= 11 is 0. The van der Waals surface area contributed by atoms with Crippen molar-refractivity contribution < 1.29 is 10.2 Å². The summed E-state index contributed by atoms with van der Waals surface area (Å²) < 4.78 is 0. The number of hydrogen-bond donors (Lipinski definition) is 2. The summed E-state index contributed by atoms with van der Waals surface area (Å²) in [6, 6.07) is 5.19. The molecular weight excluding hydrogens is 330 g/mol. The molecule has 1 heterocycles. The van der Waals surface area contributed by atoms with Gasteiger partial charge >= 0.3 is 0 Å². The van der Waals surface area contributed by atoms with Crippen LogP contribution in [0.15, 0.2) is 12.1 Å². The Bertz CT molecular complexity index is 530. The van der Waals surface area contributed by atoms with Gasteiger partial charge in [-0.2, -0.15) is 0 Å². The molecule has 0 bridgehead atoms. The van der Waals surface area contributed by atoms with Gasteiger partial charge in [-0.05, 0) is 62.6 Å². The van der Waals surface area contributed by atoms with E-state index in [1.807, 2.05) is 6.07 Å². The van der Waals surface area contributed by atoms with Gasteiger partial charge in [0.25, 0.3) is 0 Å². The second-order valence-electron chi connectivity index (χ2n) is 6.68. The van der Waals surface area contributed by atoms with Gasteiger partial charge in [0.15, 0.2) is 11.5 Å². The fourth-order valence-corrected chi connectivity index (χ4v) is 4.53. The number of likely N-dealkylation sites (tertiary alicyclic amines) is 1. The number of rotatable bonds is 1. The zero-order valence-electron chi connectivity index (χ0n) is 12.3. The monoisotopic (exact) mass is 353 g/mol. The van der Waals surface area contributed by atoms with Crippen LogP contribution in [0.5, 0.6) is 11.5 Å². The third kappa shape index (κ3) is 2.36. The number of phenolic OH excluding ortho intramolecular Hbond substituents is 2. The number of fused-ring (bicyclic) bond motifs is 3. The molecule has 0 spiro atoms. The Morgan fingerprint density at radius 2 is 1.81 bits per heavy atom. The van der Waals surface area contributed by atoms with Gasteiger partial charge in [-0.25, -0.2) is 0 Å². The van der Waals surface area contributed by atoms with E-state index in [4.69, 9.17) is 0 Å². The van der Waals surface area contributed by atoms with Crippen LogP contribution in [0.4, 0.5) is 0 Å². The van der Waals surface area contributed by atoms with Gasteiger partial charge in [0.2, 0.25) is 0 Å². The summed E-state index contributed by atoms with van der Waals surface area (Å²) in [6.45, 7) is 1.26. The second kappa shape index (κ2) is 5.81. The molecule has 0 aromatic heterocycles. The Kier molecular flexibility index (Phi) is 4.19. The summed E-state index contributed by atoms with van der Waals surface area (Å²) in [7, 11) is 0. The lowest BCUT2D eigenvalue weighted by molar-refractivity contribution is 0.0308.